The number of benzene rings is 1. The van der Waals surface area contributed by atoms with Crippen LogP contribution in [0.2, 0.25) is 0 Å². The summed E-state index contributed by atoms with van der Waals surface area (Å²) in [6.07, 6.45) is 3.49. The van der Waals surface area contributed by atoms with Crippen LogP contribution < -0.4 is 0 Å². The van der Waals surface area contributed by atoms with Crippen molar-refractivity contribution in [2.45, 2.75) is 24.4 Å². The highest BCUT2D eigenvalue weighted by atomic mass is 32.2. The van der Waals surface area contributed by atoms with Crippen LogP contribution in [0.4, 0.5) is 4.39 Å². The van der Waals surface area contributed by atoms with Gasteiger partial charge in [0, 0.05) is 30.3 Å². The highest BCUT2D eigenvalue weighted by molar-refractivity contribution is 7.98. The summed E-state index contributed by atoms with van der Waals surface area (Å²) in [7, 11) is 0. The molecule has 0 N–H and O–H groups in total. The van der Waals surface area contributed by atoms with E-state index < -0.39 is 0 Å². The first-order valence-electron chi connectivity index (χ1n) is 6.99. The van der Waals surface area contributed by atoms with Gasteiger partial charge in [0.1, 0.15) is 5.82 Å². The van der Waals surface area contributed by atoms with Gasteiger partial charge in [0.25, 0.3) is 0 Å². The van der Waals surface area contributed by atoms with Gasteiger partial charge in [0.15, 0.2) is 11.0 Å². The van der Waals surface area contributed by atoms with E-state index in [0.29, 0.717) is 11.3 Å². The highest BCUT2D eigenvalue weighted by Gasteiger charge is 2.13. The zero-order valence-electron chi connectivity index (χ0n) is 12.1. The largest absolute Gasteiger partial charge is 0.302 e. The van der Waals surface area contributed by atoms with Crippen LogP contribution in [0.3, 0.4) is 0 Å². The third-order valence-electron chi connectivity index (χ3n) is 3.27. The summed E-state index contributed by atoms with van der Waals surface area (Å²) in [6, 6.07) is 10.6. The molecule has 22 heavy (non-hydrogen) atoms. The number of hydrogen-bond acceptors (Lipinski definition) is 4. The van der Waals surface area contributed by atoms with Crippen LogP contribution in [0, 0.1) is 5.82 Å². The van der Waals surface area contributed by atoms with Gasteiger partial charge < -0.3 is 4.57 Å². The lowest BCUT2D eigenvalue weighted by Gasteiger charge is -2.07. The molecule has 0 fully saturated rings. The van der Waals surface area contributed by atoms with E-state index in [1.165, 1.54) is 17.8 Å². The maximum atomic E-state index is 13.7. The van der Waals surface area contributed by atoms with Gasteiger partial charge >= 0.3 is 0 Å². The Balaban J connectivity index is 1.83. The van der Waals surface area contributed by atoms with Crippen LogP contribution in [0.5, 0.6) is 0 Å². The van der Waals surface area contributed by atoms with Crippen molar-refractivity contribution in [1.29, 1.82) is 0 Å². The minimum absolute atomic E-state index is 0.190. The van der Waals surface area contributed by atoms with Gasteiger partial charge in [-0.25, -0.2) is 4.39 Å². The Morgan fingerprint density at radius 1 is 1.14 bits per heavy atom. The number of rotatable bonds is 5. The van der Waals surface area contributed by atoms with E-state index in [1.54, 1.807) is 24.5 Å². The van der Waals surface area contributed by atoms with Crippen LogP contribution in [-0.2, 0) is 12.3 Å². The van der Waals surface area contributed by atoms with Gasteiger partial charge in [-0.05, 0) is 30.7 Å². The van der Waals surface area contributed by atoms with Crippen LogP contribution in [-0.4, -0.2) is 19.7 Å². The third kappa shape index (κ3) is 3.01. The van der Waals surface area contributed by atoms with Crippen molar-refractivity contribution in [3.63, 3.8) is 0 Å². The molecule has 0 aliphatic carbocycles. The molecule has 0 atom stereocenters. The lowest BCUT2D eigenvalue weighted by atomic mass is 10.2. The molecule has 0 amide bonds. The Bertz CT molecular complexity index is 758. The second-order valence-electron chi connectivity index (χ2n) is 4.67. The van der Waals surface area contributed by atoms with E-state index in [9.17, 15) is 4.39 Å². The molecule has 0 bridgehead atoms. The molecular formula is C16H15FN4S. The Morgan fingerprint density at radius 3 is 2.73 bits per heavy atom. The molecular weight excluding hydrogens is 299 g/mol. The van der Waals surface area contributed by atoms with Crippen LogP contribution >= 0.6 is 11.8 Å². The van der Waals surface area contributed by atoms with E-state index in [0.717, 1.165) is 23.1 Å². The summed E-state index contributed by atoms with van der Waals surface area (Å²) in [5, 5.41) is 9.27. The molecule has 3 aromatic rings. The maximum Gasteiger partial charge on any atom is 0.191 e. The summed E-state index contributed by atoms with van der Waals surface area (Å²) in [6.45, 7) is 2.78. The molecule has 0 aliphatic rings. The zero-order valence-corrected chi connectivity index (χ0v) is 12.9. The highest BCUT2D eigenvalue weighted by Crippen LogP contribution is 2.26. The molecule has 0 radical (unpaired) electrons. The van der Waals surface area contributed by atoms with E-state index in [2.05, 4.69) is 15.2 Å². The number of aromatic nitrogens is 4. The Morgan fingerprint density at radius 2 is 2.00 bits per heavy atom. The molecule has 2 heterocycles. The molecule has 0 spiro atoms. The predicted molar refractivity (Wildman–Crippen MR) is 84.9 cm³/mol. The summed E-state index contributed by atoms with van der Waals surface area (Å²) in [5.74, 6) is 1.12. The third-order valence-corrected chi connectivity index (χ3v) is 4.28. The summed E-state index contributed by atoms with van der Waals surface area (Å²) >= 11 is 1.48. The molecule has 0 saturated carbocycles. The van der Waals surface area contributed by atoms with Gasteiger partial charge in [-0.3, -0.25) is 4.98 Å². The minimum atomic E-state index is -0.190. The lowest BCUT2D eigenvalue weighted by molar-refractivity contribution is 0.617. The van der Waals surface area contributed by atoms with Gasteiger partial charge in [-0.15, -0.1) is 10.2 Å². The molecule has 0 unspecified atom stereocenters. The number of pyridine rings is 1. The van der Waals surface area contributed by atoms with Crippen molar-refractivity contribution >= 4 is 11.8 Å². The van der Waals surface area contributed by atoms with Crippen molar-refractivity contribution in [3.8, 4) is 11.4 Å². The number of thioether (sulfide) groups is 1. The Kier molecular flexibility index (Phi) is 4.48. The van der Waals surface area contributed by atoms with Gasteiger partial charge in [-0.1, -0.05) is 30.0 Å². The van der Waals surface area contributed by atoms with Gasteiger partial charge in [0.05, 0.1) is 0 Å². The van der Waals surface area contributed by atoms with E-state index >= 15 is 0 Å². The molecule has 112 valence electrons. The maximum absolute atomic E-state index is 13.7. The smallest absolute Gasteiger partial charge is 0.191 e. The molecule has 4 nitrogen and oxygen atoms in total. The fraction of sp³-hybridized carbons (Fsp3) is 0.188. The normalized spacial score (nSPS) is 10.8. The number of hydrogen-bond donors (Lipinski definition) is 0. The first-order chi connectivity index (χ1) is 10.8. The molecule has 3 rings (SSSR count). The van der Waals surface area contributed by atoms with Crippen LogP contribution in [0.15, 0.2) is 53.9 Å². The second kappa shape index (κ2) is 6.70. The summed E-state index contributed by atoms with van der Waals surface area (Å²) in [5.41, 5.74) is 1.59. The lowest BCUT2D eigenvalue weighted by Crippen LogP contribution is -2.00. The monoisotopic (exact) mass is 314 g/mol. The van der Waals surface area contributed by atoms with Crippen LogP contribution in [0.1, 0.15) is 12.5 Å². The first-order valence-corrected chi connectivity index (χ1v) is 7.98. The van der Waals surface area contributed by atoms with Gasteiger partial charge in [0.2, 0.25) is 0 Å². The topological polar surface area (TPSA) is 43.6 Å². The van der Waals surface area contributed by atoms with E-state index in [1.807, 2.05) is 29.7 Å². The minimum Gasteiger partial charge on any atom is -0.302 e. The fourth-order valence-electron chi connectivity index (χ4n) is 2.15. The quantitative estimate of drug-likeness (QED) is 0.672. The average Bonchev–Trinajstić information content (AvgIpc) is 2.98. The van der Waals surface area contributed by atoms with E-state index in [4.69, 9.17) is 0 Å². The van der Waals surface area contributed by atoms with Crippen molar-refractivity contribution in [2.24, 2.45) is 0 Å². The van der Waals surface area contributed by atoms with Crippen molar-refractivity contribution in [3.05, 3.63) is 60.2 Å². The van der Waals surface area contributed by atoms with Gasteiger partial charge in [-0.2, -0.15) is 0 Å². The SMILES string of the molecule is CCn1c(SCc2ccccc2F)nnc1-c1cccnc1. The molecule has 0 aliphatic heterocycles. The van der Waals surface area contributed by atoms with Crippen molar-refractivity contribution in [1.82, 2.24) is 19.7 Å². The second-order valence-corrected chi connectivity index (χ2v) is 5.61. The van der Waals surface area contributed by atoms with Crippen molar-refractivity contribution in [2.75, 3.05) is 0 Å². The molecule has 2 aromatic heterocycles. The average molecular weight is 314 g/mol. The Labute approximate surface area is 132 Å². The predicted octanol–water partition coefficient (Wildman–Crippen LogP) is 3.79. The zero-order chi connectivity index (χ0) is 15.4. The summed E-state index contributed by atoms with van der Waals surface area (Å²) in [4.78, 5) is 4.11. The first kappa shape index (κ1) is 14.7. The Hall–Kier alpha value is -2.21. The molecule has 0 saturated heterocycles. The summed E-state index contributed by atoms with van der Waals surface area (Å²) < 4.78 is 15.7. The molecule has 1 aromatic carbocycles. The molecule has 6 heteroatoms. The number of nitrogens with zero attached hydrogens (tertiary/aromatic N) is 4. The standard InChI is InChI=1S/C16H15FN4S/c1-2-21-15(12-7-5-9-18-10-12)19-20-16(21)22-11-13-6-3-4-8-14(13)17/h3-10H,2,11H2,1H3. The fourth-order valence-corrected chi connectivity index (χ4v) is 3.14. The van der Waals surface area contributed by atoms with E-state index in [-0.39, 0.29) is 5.82 Å². The van der Waals surface area contributed by atoms with Crippen molar-refractivity contribution < 1.29 is 4.39 Å². The number of halogens is 1. The van der Waals surface area contributed by atoms with Crippen LogP contribution in [0.25, 0.3) is 11.4 Å².